The van der Waals surface area contributed by atoms with E-state index >= 15 is 0 Å². The fourth-order valence-corrected chi connectivity index (χ4v) is 1.46. The highest BCUT2D eigenvalue weighted by molar-refractivity contribution is 5.11. The van der Waals surface area contributed by atoms with E-state index in [2.05, 4.69) is 18.8 Å². The van der Waals surface area contributed by atoms with E-state index < -0.39 is 0 Å². The van der Waals surface area contributed by atoms with Crippen LogP contribution in [0, 0.1) is 5.92 Å². The Balaban J connectivity index is 2.32. The van der Waals surface area contributed by atoms with Crippen molar-refractivity contribution in [2.45, 2.75) is 39.2 Å². The van der Waals surface area contributed by atoms with Gasteiger partial charge in [0.2, 0.25) is 0 Å². The SMILES string of the molecule is CC(C)CCCC(O)c1cccnc1. The third-order valence-corrected chi connectivity index (χ3v) is 2.33. The third kappa shape index (κ3) is 3.88. The molecular formula is C12H19NO. The first-order valence-corrected chi connectivity index (χ1v) is 5.28. The summed E-state index contributed by atoms with van der Waals surface area (Å²) >= 11 is 0. The van der Waals surface area contributed by atoms with Crippen LogP contribution in [0.25, 0.3) is 0 Å². The van der Waals surface area contributed by atoms with Gasteiger partial charge in [0.1, 0.15) is 0 Å². The van der Waals surface area contributed by atoms with Crippen LogP contribution in [-0.4, -0.2) is 10.1 Å². The van der Waals surface area contributed by atoms with Crippen LogP contribution in [0.1, 0.15) is 44.8 Å². The van der Waals surface area contributed by atoms with E-state index in [1.807, 2.05) is 12.1 Å². The maximum atomic E-state index is 9.79. The lowest BCUT2D eigenvalue weighted by molar-refractivity contribution is 0.161. The van der Waals surface area contributed by atoms with Crippen molar-refractivity contribution in [3.05, 3.63) is 30.1 Å². The largest absolute Gasteiger partial charge is 0.388 e. The average Bonchev–Trinajstić information content (AvgIpc) is 2.18. The average molecular weight is 193 g/mol. The fraction of sp³-hybridized carbons (Fsp3) is 0.583. The van der Waals surface area contributed by atoms with Gasteiger partial charge in [-0.05, 0) is 24.0 Å². The number of hydrogen-bond acceptors (Lipinski definition) is 2. The second-order valence-electron chi connectivity index (χ2n) is 4.13. The lowest BCUT2D eigenvalue weighted by atomic mass is 10.0. The van der Waals surface area contributed by atoms with Crippen molar-refractivity contribution >= 4 is 0 Å². The van der Waals surface area contributed by atoms with Crippen LogP contribution in [-0.2, 0) is 0 Å². The van der Waals surface area contributed by atoms with E-state index in [9.17, 15) is 5.11 Å². The molecule has 1 atom stereocenters. The minimum atomic E-state index is -0.345. The molecular weight excluding hydrogens is 174 g/mol. The zero-order chi connectivity index (χ0) is 10.4. The van der Waals surface area contributed by atoms with Gasteiger partial charge in [-0.15, -0.1) is 0 Å². The lowest BCUT2D eigenvalue weighted by Crippen LogP contribution is -1.98. The highest BCUT2D eigenvalue weighted by Crippen LogP contribution is 2.19. The summed E-state index contributed by atoms with van der Waals surface area (Å²) in [5.74, 6) is 0.719. The molecule has 1 rings (SSSR count). The Kier molecular flexibility index (Phi) is 4.60. The molecule has 0 amide bonds. The molecule has 0 aromatic carbocycles. The molecule has 0 bridgehead atoms. The Bertz CT molecular complexity index is 246. The second-order valence-corrected chi connectivity index (χ2v) is 4.13. The summed E-state index contributed by atoms with van der Waals surface area (Å²) in [7, 11) is 0. The van der Waals surface area contributed by atoms with Crippen LogP contribution >= 0.6 is 0 Å². The zero-order valence-corrected chi connectivity index (χ0v) is 8.98. The van der Waals surface area contributed by atoms with Crippen LogP contribution in [0.5, 0.6) is 0 Å². The molecule has 1 N–H and O–H groups in total. The molecule has 0 aliphatic heterocycles. The van der Waals surface area contributed by atoms with Crippen LogP contribution < -0.4 is 0 Å². The van der Waals surface area contributed by atoms with Crippen molar-refractivity contribution in [1.29, 1.82) is 0 Å². The molecule has 0 aliphatic rings. The Morgan fingerprint density at radius 1 is 1.36 bits per heavy atom. The van der Waals surface area contributed by atoms with Crippen molar-refractivity contribution in [2.75, 3.05) is 0 Å². The fourth-order valence-electron chi connectivity index (χ4n) is 1.46. The highest BCUT2D eigenvalue weighted by Gasteiger charge is 2.06. The summed E-state index contributed by atoms with van der Waals surface area (Å²) in [4.78, 5) is 3.99. The number of rotatable bonds is 5. The van der Waals surface area contributed by atoms with Gasteiger partial charge in [0.25, 0.3) is 0 Å². The van der Waals surface area contributed by atoms with Crippen molar-refractivity contribution < 1.29 is 5.11 Å². The van der Waals surface area contributed by atoms with Crippen molar-refractivity contribution in [3.63, 3.8) is 0 Å². The van der Waals surface area contributed by atoms with Gasteiger partial charge in [-0.25, -0.2) is 0 Å². The Morgan fingerprint density at radius 2 is 2.14 bits per heavy atom. The van der Waals surface area contributed by atoms with Gasteiger partial charge in [0.05, 0.1) is 6.10 Å². The molecule has 0 saturated carbocycles. The van der Waals surface area contributed by atoms with Crippen LogP contribution in [0.4, 0.5) is 0 Å². The Morgan fingerprint density at radius 3 is 2.71 bits per heavy atom. The van der Waals surface area contributed by atoms with E-state index in [4.69, 9.17) is 0 Å². The molecule has 1 aromatic rings. The summed E-state index contributed by atoms with van der Waals surface area (Å²) in [6.45, 7) is 4.41. The quantitative estimate of drug-likeness (QED) is 0.780. The smallest absolute Gasteiger partial charge is 0.0804 e. The molecule has 0 saturated heterocycles. The first kappa shape index (κ1) is 11.2. The molecule has 0 fully saturated rings. The van der Waals surface area contributed by atoms with Gasteiger partial charge in [-0.1, -0.05) is 32.8 Å². The number of hydrogen-bond donors (Lipinski definition) is 1. The standard InChI is InChI=1S/C12H19NO/c1-10(2)5-3-7-12(14)11-6-4-8-13-9-11/h4,6,8-10,12,14H,3,5,7H2,1-2H3. The van der Waals surface area contributed by atoms with Crippen molar-refractivity contribution in [2.24, 2.45) is 5.92 Å². The van der Waals surface area contributed by atoms with Gasteiger partial charge in [-0.3, -0.25) is 4.98 Å². The molecule has 14 heavy (non-hydrogen) atoms. The first-order valence-electron chi connectivity index (χ1n) is 5.28. The molecule has 2 nitrogen and oxygen atoms in total. The number of pyridine rings is 1. The molecule has 1 aromatic heterocycles. The third-order valence-electron chi connectivity index (χ3n) is 2.33. The minimum absolute atomic E-state index is 0.345. The summed E-state index contributed by atoms with van der Waals surface area (Å²) in [5.41, 5.74) is 0.927. The summed E-state index contributed by atoms with van der Waals surface area (Å²) in [6.07, 6.45) is 6.21. The normalized spacial score (nSPS) is 13.1. The zero-order valence-electron chi connectivity index (χ0n) is 8.98. The molecule has 78 valence electrons. The van der Waals surface area contributed by atoms with Crippen LogP contribution in [0.15, 0.2) is 24.5 Å². The minimum Gasteiger partial charge on any atom is -0.388 e. The molecule has 0 aliphatic carbocycles. The number of nitrogens with zero attached hydrogens (tertiary/aromatic N) is 1. The second kappa shape index (κ2) is 5.76. The molecule has 1 unspecified atom stereocenters. The van der Waals surface area contributed by atoms with E-state index in [1.54, 1.807) is 12.4 Å². The van der Waals surface area contributed by atoms with E-state index in [-0.39, 0.29) is 6.10 Å². The van der Waals surface area contributed by atoms with Crippen LogP contribution in [0.2, 0.25) is 0 Å². The van der Waals surface area contributed by atoms with E-state index in [1.165, 1.54) is 6.42 Å². The molecule has 0 spiro atoms. The predicted molar refractivity (Wildman–Crippen MR) is 57.9 cm³/mol. The maximum Gasteiger partial charge on any atom is 0.0804 e. The van der Waals surface area contributed by atoms with Gasteiger partial charge in [-0.2, -0.15) is 0 Å². The van der Waals surface area contributed by atoms with Gasteiger partial charge >= 0.3 is 0 Å². The Labute approximate surface area is 86.0 Å². The number of aliphatic hydroxyl groups is 1. The number of aromatic nitrogens is 1. The van der Waals surface area contributed by atoms with Crippen molar-refractivity contribution in [3.8, 4) is 0 Å². The topological polar surface area (TPSA) is 33.1 Å². The molecule has 1 heterocycles. The summed E-state index contributed by atoms with van der Waals surface area (Å²) in [6, 6.07) is 3.79. The lowest BCUT2D eigenvalue weighted by Gasteiger charge is -2.10. The summed E-state index contributed by atoms with van der Waals surface area (Å²) < 4.78 is 0. The first-order chi connectivity index (χ1) is 6.70. The van der Waals surface area contributed by atoms with Crippen molar-refractivity contribution in [1.82, 2.24) is 4.98 Å². The van der Waals surface area contributed by atoms with Gasteiger partial charge in [0, 0.05) is 12.4 Å². The van der Waals surface area contributed by atoms with E-state index in [0.717, 1.165) is 24.3 Å². The van der Waals surface area contributed by atoms with Gasteiger partial charge < -0.3 is 5.11 Å². The van der Waals surface area contributed by atoms with Crippen LogP contribution in [0.3, 0.4) is 0 Å². The summed E-state index contributed by atoms with van der Waals surface area (Å²) in [5, 5.41) is 9.79. The molecule has 2 heteroatoms. The Hall–Kier alpha value is -0.890. The maximum absolute atomic E-state index is 9.79. The molecule has 0 radical (unpaired) electrons. The van der Waals surface area contributed by atoms with E-state index in [0.29, 0.717) is 0 Å². The number of aliphatic hydroxyl groups excluding tert-OH is 1. The highest BCUT2D eigenvalue weighted by atomic mass is 16.3. The monoisotopic (exact) mass is 193 g/mol. The van der Waals surface area contributed by atoms with Gasteiger partial charge in [0.15, 0.2) is 0 Å². The predicted octanol–water partition coefficient (Wildman–Crippen LogP) is 2.94.